The molecule has 1 fully saturated rings. The van der Waals surface area contributed by atoms with Gasteiger partial charge in [-0.15, -0.1) is 0 Å². The summed E-state index contributed by atoms with van der Waals surface area (Å²) < 4.78 is 41.3. The van der Waals surface area contributed by atoms with Crippen LogP contribution in [0.5, 0.6) is 0 Å². The van der Waals surface area contributed by atoms with E-state index in [1.807, 2.05) is 30.3 Å². The maximum absolute atomic E-state index is 13.8. The fraction of sp³-hybridized carbons (Fsp3) is 0.333. The van der Waals surface area contributed by atoms with Gasteiger partial charge in [-0.2, -0.15) is 0 Å². The number of likely N-dealkylation sites (tertiary alicyclic amines) is 1. The van der Waals surface area contributed by atoms with E-state index in [2.05, 4.69) is 9.62 Å². The molecule has 1 aliphatic heterocycles. The summed E-state index contributed by atoms with van der Waals surface area (Å²) in [6, 6.07) is 15.2. The molecule has 1 heterocycles. The number of sulfonamides is 1. The molecule has 1 N–H and O–H groups in total. The van der Waals surface area contributed by atoms with E-state index >= 15 is 0 Å². The van der Waals surface area contributed by atoms with Crippen LogP contribution < -0.4 is 4.72 Å². The topological polar surface area (TPSA) is 49.4 Å². The largest absolute Gasteiger partial charge is 0.295 e. The highest BCUT2D eigenvalue weighted by molar-refractivity contribution is 7.89. The molecule has 128 valence electrons. The first kappa shape index (κ1) is 17.1. The van der Waals surface area contributed by atoms with Crippen molar-refractivity contribution in [3.05, 3.63) is 66.0 Å². The third-order valence-electron chi connectivity index (χ3n) is 4.36. The summed E-state index contributed by atoms with van der Waals surface area (Å²) in [5.41, 5.74) is 1.07. The molecule has 0 radical (unpaired) electrons. The molecule has 0 aromatic heterocycles. The van der Waals surface area contributed by atoms with Crippen LogP contribution in [0, 0.1) is 5.82 Å². The maximum atomic E-state index is 13.8. The summed E-state index contributed by atoms with van der Waals surface area (Å²) in [4.78, 5) is 1.97. The van der Waals surface area contributed by atoms with Gasteiger partial charge in [0.25, 0.3) is 0 Å². The molecule has 1 aliphatic rings. The van der Waals surface area contributed by atoms with Crippen LogP contribution in [0.1, 0.15) is 24.4 Å². The molecule has 2 aromatic rings. The number of nitrogens with one attached hydrogen (secondary N) is 1. The van der Waals surface area contributed by atoms with Gasteiger partial charge in [-0.3, -0.25) is 4.90 Å². The maximum Gasteiger partial charge on any atom is 0.243 e. The summed E-state index contributed by atoms with van der Waals surface area (Å²) in [5.74, 6) is -0.734. The second-order valence-electron chi connectivity index (χ2n) is 5.95. The smallest absolute Gasteiger partial charge is 0.243 e. The number of halogens is 1. The van der Waals surface area contributed by atoms with E-state index in [-0.39, 0.29) is 17.5 Å². The second-order valence-corrected chi connectivity index (χ2v) is 7.69. The lowest BCUT2D eigenvalue weighted by atomic mass is 10.1. The predicted molar refractivity (Wildman–Crippen MR) is 91.6 cm³/mol. The zero-order valence-electron chi connectivity index (χ0n) is 13.4. The quantitative estimate of drug-likeness (QED) is 0.873. The van der Waals surface area contributed by atoms with E-state index < -0.39 is 15.8 Å². The van der Waals surface area contributed by atoms with Gasteiger partial charge in [0, 0.05) is 12.6 Å². The molecule has 4 nitrogen and oxygen atoms in total. The van der Waals surface area contributed by atoms with Crippen molar-refractivity contribution in [2.24, 2.45) is 0 Å². The first-order valence-electron chi connectivity index (χ1n) is 8.11. The van der Waals surface area contributed by atoms with Crippen LogP contribution in [0.25, 0.3) is 0 Å². The Morgan fingerprint density at radius 1 is 1.00 bits per heavy atom. The number of hydrogen-bond donors (Lipinski definition) is 1. The van der Waals surface area contributed by atoms with Crippen LogP contribution in [-0.2, 0) is 10.0 Å². The van der Waals surface area contributed by atoms with Gasteiger partial charge in [-0.1, -0.05) is 42.5 Å². The molecule has 1 saturated heterocycles. The van der Waals surface area contributed by atoms with Crippen LogP contribution in [-0.4, -0.2) is 33.0 Å². The van der Waals surface area contributed by atoms with Gasteiger partial charge in [0.05, 0.1) is 0 Å². The fourth-order valence-corrected chi connectivity index (χ4v) is 4.23. The van der Waals surface area contributed by atoms with Gasteiger partial charge < -0.3 is 0 Å². The molecule has 0 amide bonds. The lowest BCUT2D eigenvalue weighted by Gasteiger charge is -2.28. The highest BCUT2D eigenvalue weighted by Crippen LogP contribution is 2.25. The summed E-state index contributed by atoms with van der Waals surface area (Å²) in [5, 5.41) is 0. The van der Waals surface area contributed by atoms with Crippen LogP contribution in [0.4, 0.5) is 4.39 Å². The van der Waals surface area contributed by atoms with E-state index in [4.69, 9.17) is 0 Å². The summed E-state index contributed by atoms with van der Waals surface area (Å²) in [6.45, 7) is 2.11. The Morgan fingerprint density at radius 3 is 2.29 bits per heavy atom. The number of rotatable bonds is 6. The van der Waals surface area contributed by atoms with E-state index in [1.165, 1.54) is 18.2 Å². The van der Waals surface area contributed by atoms with Gasteiger partial charge in [-0.05, 0) is 43.6 Å². The highest BCUT2D eigenvalue weighted by Gasteiger charge is 2.26. The molecule has 0 aliphatic carbocycles. The SMILES string of the molecule is O=S(=O)(NC[C@@H](c1ccccc1)N1CCCC1)c1ccccc1F. The van der Waals surface area contributed by atoms with Crippen molar-refractivity contribution in [1.29, 1.82) is 0 Å². The van der Waals surface area contributed by atoms with Gasteiger partial charge >= 0.3 is 0 Å². The molecule has 0 unspecified atom stereocenters. The molecule has 0 saturated carbocycles. The lowest BCUT2D eigenvalue weighted by molar-refractivity contribution is 0.246. The Balaban J connectivity index is 1.80. The monoisotopic (exact) mass is 348 g/mol. The molecule has 1 atom stereocenters. The normalized spacial score (nSPS) is 17.0. The van der Waals surface area contributed by atoms with Crippen LogP contribution in [0.3, 0.4) is 0 Å². The van der Waals surface area contributed by atoms with Gasteiger partial charge in [0.1, 0.15) is 10.7 Å². The Morgan fingerprint density at radius 2 is 1.62 bits per heavy atom. The van der Waals surface area contributed by atoms with Crippen molar-refractivity contribution < 1.29 is 12.8 Å². The van der Waals surface area contributed by atoms with Crippen molar-refractivity contribution in [2.75, 3.05) is 19.6 Å². The van der Waals surface area contributed by atoms with Crippen molar-refractivity contribution >= 4 is 10.0 Å². The Kier molecular flexibility index (Phi) is 5.28. The molecule has 6 heteroatoms. The fourth-order valence-electron chi connectivity index (χ4n) is 3.12. The van der Waals surface area contributed by atoms with E-state index in [0.29, 0.717) is 0 Å². The Labute approximate surface area is 142 Å². The standard InChI is InChI=1S/C18H21FN2O2S/c19-16-10-4-5-11-18(16)24(22,23)20-14-17(21-12-6-7-13-21)15-8-2-1-3-9-15/h1-5,8-11,17,20H,6-7,12-14H2/t17-/m0/s1. The van der Waals surface area contributed by atoms with Crippen molar-refractivity contribution in [3.8, 4) is 0 Å². The van der Waals surface area contributed by atoms with E-state index in [0.717, 1.165) is 37.6 Å². The third kappa shape index (κ3) is 3.83. The van der Waals surface area contributed by atoms with Crippen molar-refractivity contribution in [3.63, 3.8) is 0 Å². The summed E-state index contributed by atoms with van der Waals surface area (Å²) >= 11 is 0. The van der Waals surface area contributed by atoms with E-state index in [9.17, 15) is 12.8 Å². The zero-order valence-corrected chi connectivity index (χ0v) is 14.2. The first-order valence-corrected chi connectivity index (χ1v) is 9.59. The second kappa shape index (κ2) is 7.42. The first-order chi connectivity index (χ1) is 11.6. The minimum Gasteiger partial charge on any atom is -0.295 e. The van der Waals surface area contributed by atoms with Gasteiger partial charge in [0.2, 0.25) is 10.0 Å². The average Bonchev–Trinajstić information content (AvgIpc) is 3.10. The summed E-state index contributed by atoms with van der Waals surface area (Å²) in [6.07, 6.45) is 2.23. The highest BCUT2D eigenvalue weighted by atomic mass is 32.2. The Bertz CT molecular complexity index is 775. The lowest BCUT2D eigenvalue weighted by Crippen LogP contribution is -2.37. The Hall–Kier alpha value is -1.76. The molecule has 3 rings (SSSR count). The number of benzene rings is 2. The van der Waals surface area contributed by atoms with Crippen LogP contribution >= 0.6 is 0 Å². The predicted octanol–water partition coefficient (Wildman–Crippen LogP) is 2.94. The molecule has 2 aromatic carbocycles. The molecular weight excluding hydrogens is 327 g/mol. The molecular formula is C18H21FN2O2S. The van der Waals surface area contributed by atoms with Crippen LogP contribution in [0.15, 0.2) is 59.5 Å². The van der Waals surface area contributed by atoms with Crippen molar-refractivity contribution in [2.45, 2.75) is 23.8 Å². The molecule has 0 bridgehead atoms. The number of nitrogens with zero attached hydrogens (tertiary/aromatic N) is 1. The third-order valence-corrected chi connectivity index (χ3v) is 5.82. The van der Waals surface area contributed by atoms with Gasteiger partial charge in [0.15, 0.2) is 0 Å². The zero-order chi connectivity index (χ0) is 17.0. The van der Waals surface area contributed by atoms with Gasteiger partial charge in [-0.25, -0.2) is 17.5 Å². The molecule has 0 spiro atoms. The van der Waals surface area contributed by atoms with E-state index in [1.54, 1.807) is 0 Å². The van der Waals surface area contributed by atoms with Crippen molar-refractivity contribution in [1.82, 2.24) is 9.62 Å². The summed E-state index contributed by atoms with van der Waals surface area (Å²) in [7, 11) is -3.88. The van der Waals surface area contributed by atoms with Crippen LogP contribution in [0.2, 0.25) is 0 Å². The number of hydrogen-bond acceptors (Lipinski definition) is 3. The average molecular weight is 348 g/mol. The molecule has 24 heavy (non-hydrogen) atoms. The minimum atomic E-state index is -3.88. The minimum absolute atomic E-state index is 0.0461.